The topological polar surface area (TPSA) is 48.0 Å². The van der Waals surface area contributed by atoms with Gasteiger partial charge in [-0.05, 0) is 55.3 Å². The van der Waals surface area contributed by atoms with Crippen LogP contribution >= 0.6 is 0 Å². The third kappa shape index (κ3) is 6.43. The Bertz CT molecular complexity index is 887. The van der Waals surface area contributed by atoms with Gasteiger partial charge in [-0.1, -0.05) is 12.1 Å². The summed E-state index contributed by atoms with van der Waals surface area (Å²) >= 11 is 0. The lowest BCUT2D eigenvalue weighted by atomic mass is 10.1. The lowest BCUT2D eigenvalue weighted by molar-refractivity contribution is -0.126. The highest BCUT2D eigenvalue weighted by Gasteiger charge is 2.13. The first kappa shape index (κ1) is 23.1. The van der Waals surface area contributed by atoms with Gasteiger partial charge in [0, 0.05) is 19.2 Å². The van der Waals surface area contributed by atoms with Gasteiger partial charge in [0.05, 0.1) is 13.7 Å². The van der Waals surface area contributed by atoms with Crippen molar-refractivity contribution in [2.24, 2.45) is 0 Å². The fraction of sp³-hybridized carbons (Fsp3) is 0.318. The predicted octanol–water partition coefficient (Wildman–Crippen LogP) is 4.90. The molecule has 0 heterocycles. The Morgan fingerprint density at radius 2 is 1.83 bits per heavy atom. The third-order valence-corrected chi connectivity index (χ3v) is 4.19. The van der Waals surface area contributed by atoms with Gasteiger partial charge in [0.1, 0.15) is 0 Å². The quantitative estimate of drug-likeness (QED) is 0.510. The van der Waals surface area contributed by atoms with Gasteiger partial charge in [0.15, 0.2) is 23.1 Å². The number of likely N-dealkylation sites (N-methyl/N-ethyl adjacent to an activating group) is 1. The molecule has 0 aliphatic heterocycles. The van der Waals surface area contributed by atoms with Crippen molar-refractivity contribution in [1.29, 1.82) is 0 Å². The van der Waals surface area contributed by atoms with E-state index in [-0.39, 0.29) is 36.3 Å². The summed E-state index contributed by atoms with van der Waals surface area (Å²) in [5.74, 6) is -0.555. The predicted molar refractivity (Wildman–Crippen MR) is 107 cm³/mol. The average Bonchev–Trinajstić information content (AvgIpc) is 2.71. The number of methoxy groups -OCH3 is 1. The summed E-state index contributed by atoms with van der Waals surface area (Å²) in [6, 6.07) is 8.95. The van der Waals surface area contributed by atoms with Crippen molar-refractivity contribution in [1.82, 2.24) is 4.90 Å². The Labute approximate surface area is 173 Å². The molecule has 30 heavy (non-hydrogen) atoms. The van der Waals surface area contributed by atoms with Crippen molar-refractivity contribution in [3.63, 3.8) is 0 Å². The fourth-order valence-corrected chi connectivity index (χ4v) is 2.74. The summed E-state index contributed by atoms with van der Waals surface area (Å²) in [6.07, 6.45) is 2.91. The van der Waals surface area contributed by atoms with Crippen LogP contribution in [0.4, 0.5) is 13.2 Å². The molecule has 1 amide bonds. The number of carbonyl (C=O) groups excluding carboxylic acids is 1. The van der Waals surface area contributed by atoms with Gasteiger partial charge in [-0.15, -0.1) is 0 Å². The molecule has 0 radical (unpaired) electrons. The first-order chi connectivity index (χ1) is 14.4. The molecule has 2 aromatic carbocycles. The van der Waals surface area contributed by atoms with Gasteiger partial charge in [-0.2, -0.15) is 8.78 Å². The first-order valence-electron chi connectivity index (χ1n) is 9.39. The van der Waals surface area contributed by atoms with Crippen LogP contribution in [0.5, 0.6) is 17.2 Å². The van der Waals surface area contributed by atoms with Gasteiger partial charge >= 0.3 is 6.61 Å². The third-order valence-electron chi connectivity index (χ3n) is 4.19. The minimum atomic E-state index is -2.96. The molecule has 0 N–H and O–H groups in total. The molecule has 0 unspecified atom stereocenters. The summed E-state index contributed by atoms with van der Waals surface area (Å²) < 4.78 is 53.5. The zero-order chi connectivity index (χ0) is 22.1. The number of alkyl halides is 2. The molecule has 0 fully saturated rings. The maximum atomic E-state index is 13.9. The molecule has 162 valence electrons. The fourth-order valence-electron chi connectivity index (χ4n) is 2.74. The standard InChI is InChI=1S/C22H24F3NO4/c1-4-26(14-16-7-9-18(28-3)17(23)12-16)21(27)11-8-15-6-10-19(30-22(24)25)20(13-15)29-5-2/h6-13,22H,4-5,14H2,1-3H3/b11-8+. The van der Waals surface area contributed by atoms with Gasteiger partial charge < -0.3 is 19.1 Å². The van der Waals surface area contributed by atoms with Crippen LogP contribution < -0.4 is 14.2 Å². The molecule has 2 rings (SSSR count). The van der Waals surface area contributed by atoms with Crippen molar-refractivity contribution in [2.45, 2.75) is 27.0 Å². The summed E-state index contributed by atoms with van der Waals surface area (Å²) in [4.78, 5) is 14.1. The van der Waals surface area contributed by atoms with Crippen LogP contribution in [0.15, 0.2) is 42.5 Å². The Morgan fingerprint density at radius 3 is 2.43 bits per heavy atom. The lowest BCUT2D eigenvalue weighted by Gasteiger charge is -2.19. The molecule has 0 aliphatic carbocycles. The van der Waals surface area contributed by atoms with Gasteiger partial charge in [0.2, 0.25) is 5.91 Å². The maximum Gasteiger partial charge on any atom is 0.387 e. The van der Waals surface area contributed by atoms with Crippen molar-refractivity contribution in [2.75, 3.05) is 20.3 Å². The molecule has 8 heteroatoms. The molecule has 0 spiro atoms. The molecule has 5 nitrogen and oxygen atoms in total. The van der Waals surface area contributed by atoms with Crippen LogP contribution in [0.25, 0.3) is 6.08 Å². The number of rotatable bonds is 10. The SMILES string of the molecule is CCOc1cc(/C=C/C(=O)N(CC)Cc2ccc(OC)c(F)c2)ccc1OC(F)F. The molecule has 0 bridgehead atoms. The van der Waals surface area contributed by atoms with E-state index in [1.807, 2.05) is 6.92 Å². The van der Waals surface area contributed by atoms with Crippen molar-refractivity contribution in [3.05, 3.63) is 59.4 Å². The van der Waals surface area contributed by atoms with Crippen LogP contribution in [-0.2, 0) is 11.3 Å². The van der Waals surface area contributed by atoms with Crippen LogP contribution in [0, 0.1) is 5.82 Å². The number of hydrogen-bond acceptors (Lipinski definition) is 4. The highest BCUT2D eigenvalue weighted by Crippen LogP contribution is 2.30. The molecular weight excluding hydrogens is 399 g/mol. The highest BCUT2D eigenvalue weighted by molar-refractivity contribution is 5.91. The second-order valence-corrected chi connectivity index (χ2v) is 6.17. The zero-order valence-corrected chi connectivity index (χ0v) is 17.0. The smallest absolute Gasteiger partial charge is 0.387 e. The Hall–Kier alpha value is -3.16. The van der Waals surface area contributed by atoms with Crippen LogP contribution in [0.3, 0.4) is 0 Å². The normalized spacial score (nSPS) is 11.0. The van der Waals surface area contributed by atoms with E-state index >= 15 is 0 Å². The molecule has 0 aromatic heterocycles. The van der Waals surface area contributed by atoms with E-state index in [1.165, 1.54) is 42.4 Å². The number of nitrogens with zero attached hydrogens (tertiary/aromatic N) is 1. The van der Waals surface area contributed by atoms with E-state index in [2.05, 4.69) is 4.74 Å². The first-order valence-corrected chi connectivity index (χ1v) is 9.39. The molecular formula is C22H24F3NO4. The minimum Gasteiger partial charge on any atom is -0.494 e. The largest absolute Gasteiger partial charge is 0.494 e. The number of hydrogen-bond donors (Lipinski definition) is 0. The van der Waals surface area contributed by atoms with Crippen molar-refractivity contribution < 1.29 is 32.2 Å². The summed E-state index contributed by atoms with van der Waals surface area (Å²) in [5.41, 5.74) is 1.21. The van der Waals surface area contributed by atoms with E-state index in [0.29, 0.717) is 17.7 Å². The van der Waals surface area contributed by atoms with Crippen molar-refractivity contribution >= 4 is 12.0 Å². The van der Waals surface area contributed by atoms with E-state index in [1.54, 1.807) is 25.1 Å². The number of benzene rings is 2. The van der Waals surface area contributed by atoms with Crippen molar-refractivity contribution in [3.8, 4) is 17.2 Å². The summed E-state index contributed by atoms with van der Waals surface area (Å²) in [5, 5.41) is 0. The molecule has 0 saturated carbocycles. The number of halogens is 3. The molecule has 2 aromatic rings. The van der Waals surface area contributed by atoms with E-state index in [4.69, 9.17) is 9.47 Å². The Morgan fingerprint density at radius 1 is 1.10 bits per heavy atom. The number of amides is 1. The van der Waals surface area contributed by atoms with E-state index < -0.39 is 12.4 Å². The Kier molecular flexibility index (Phi) is 8.58. The molecule has 0 aliphatic rings. The summed E-state index contributed by atoms with van der Waals surface area (Å²) in [6.45, 7) is 1.49. The van der Waals surface area contributed by atoms with Crippen LogP contribution in [0.2, 0.25) is 0 Å². The van der Waals surface area contributed by atoms with Gasteiger partial charge in [-0.25, -0.2) is 4.39 Å². The van der Waals surface area contributed by atoms with E-state index in [0.717, 1.165) is 0 Å². The Balaban J connectivity index is 2.12. The van der Waals surface area contributed by atoms with Crippen LogP contribution in [-0.4, -0.2) is 37.7 Å². The highest BCUT2D eigenvalue weighted by atomic mass is 19.3. The van der Waals surface area contributed by atoms with Gasteiger partial charge in [0.25, 0.3) is 0 Å². The van der Waals surface area contributed by atoms with E-state index in [9.17, 15) is 18.0 Å². The second-order valence-electron chi connectivity index (χ2n) is 6.17. The zero-order valence-electron chi connectivity index (χ0n) is 17.0. The molecule has 0 saturated heterocycles. The number of ether oxygens (including phenoxy) is 3. The summed E-state index contributed by atoms with van der Waals surface area (Å²) in [7, 11) is 1.38. The number of carbonyl (C=O) groups is 1. The average molecular weight is 423 g/mol. The maximum absolute atomic E-state index is 13.9. The van der Waals surface area contributed by atoms with Crippen LogP contribution in [0.1, 0.15) is 25.0 Å². The second kappa shape index (κ2) is 11.1. The monoisotopic (exact) mass is 423 g/mol. The minimum absolute atomic E-state index is 0.0768. The molecule has 0 atom stereocenters. The lowest BCUT2D eigenvalue weighted by Crippen LogP contribution is -2.28. The van der Waals surface area contributed by atoms with Gasteiger partial charge in [-0.3, -0.25) is 4.79 Å².